The Kier molecular flexibility index (Phi) is 5.91. The van der Waals surface area contributed by atoms with Crippen LogP contribution in [0.15, 0.2) is 41.3 Å². The van der Waals surface area contributed by atoms with Crippen LogP contribution in [0.25, 0.3) is 0 Å². The van der Waals surface area contributed by atoms with E-state index in [1.807, 2.05) is 19.1 Å². The quantitative estimate of drug-likeness (QED) is 0.468. The summed E-state index contributed by atoms with van der Waals surface area (Å²) in [6.07, 6.45) is 4.29. The number of allylic oxidation sites excluding steroid dienone is 2. The van der Waals surface area contributed by atoms with Gasteiger partial charge >= 0.3 is 0 Å². The molecule has 4 unspecified atom stereocenters. The van der Waals surface area contributed by atoms with E-state index >= 15 is 0 Å². The van der Waals surface area contributed by atoms with Crippen LogP contribution in [0.3, 0.4) is 0 Å². The molecule has 0 saturated heterocycles. The van der Waals surface area contributed by atoms with Gasteiger partial charge in [-0.05, 0) is 43.5 Å². The van der Waals surface area contributed by atoms with E-state index in [1.54, 1.807) is 0 Å². The van der Waals surface area contributed by atoms with Crippen molar-refractivity contribution in [2.75, 3.05) is 5.32 Å². The average Bonchev–Trinajstić information content (AvgIpc) is 2.54. The van der Waals surface area contributed by atoms with Gasteiger partial charge in [-0.3, -0.25) is 13.8 Å². The van der Waals surface area contributed by atoms with Gasteiger partial charge in [-0.25, -0.2) is 8.42 Å². The van der Waals surface area contributed by atoms with Crippen molar-refractivity contribution >= 4 is 36.4 Å². The van der Waals surface area contributed by atoms with Gasteiger partial charge in [0, 0.05) is 11.6 Å². The van der Waals surface area contributed by atoms with E-state index in [1.165, 1.54) is 19.1 Å². The second-order valence-corrected chi connectivity index (χ2v) is 9.86. The second-order valence-electron chi connectivity index (χ2n) is 5.94. The number of anilines is 1. The summed E-state index contributed by atoms with van der Waals surface area (Å²) >= 11 is 0. The van der Waals surface area contributed by atoms with Crippen molar-refractivity contribution in [3.63, 3.8) is 0 Å². The molecular formula is C16H18NO6S2-. The summed E-state index contributed by atoms with van der Waals surface area (Å²) in [5.41, 5.74) is 0.324. The fraction of sp³-hybridized carbons (Fsp3) is 0.375. The van der Waals surface area contributed by atoms with Crippen LogP contribution < -0.4 is 5.32 Å². The molecular weight excluding hydrogens is 366 g/mol. The summed E-state index contributed by atoms with van der Waals surface area (Å²) in [7, 11) is -7.69. The first-order valence-electron chi connectivity index (χ1n) is 7.57. The molecule has 0 aromatic heterocycles. The standard InChI is InChI=1S/C16H19NO6S2/c1-10-4-3-5-14(11(2)18)15(10)16(19)17-12-6-8-13(9-7-12)25(22,23)24(20)21/h3-4,6-10,14-15H,5H2,1-2H3,(H,17,19)(H,20,21)/p-1. The van der Waals surface area contributed by atoms with Crippen LogP contribution in [0.2, 0.25) is 0 Å². The summed E-state index contributed by atoms with van der Waals surface area (Å²) in [5, 5.41) is 2.66. The van der Waals surface area contributed by atoms with Crippen LogP contribution in [-0.2, 0) is 28.6 Å². The van der Waals surface area contributed by atoms with Crippen molar-refractivity contribution < 1.29 is 26.8 Å². The van der Waals surface area contributed by atoms with Gasteiger partial charge in [0.05, 0.1) is 20.9 Å². The lowest BCUT2D eigenvalue weighted by Crippen LogP contribution is -2.38. The Morgan fingerprint density at radius 1 is 1.24 bits per heavy atom. The minimum Gasteiger partial charge on any atom is -0.760 e. The monoisotopic (exact) mass is 384 g/mol. The van der Waals surface area contributed by atoms with Crippen LogP contribution in [-0.4, -0.2) is 28.9 Å². The van der Waals surface area contributed by atoms with Gasteiger partial charge in [-0.2, -0.15) is 0 Å². The maximum absolute atomic E-state index is 12.6. The summed E-state index contributed by atoms with van der Waals surface area (Å²) < 4.78 is 44.5. The second kappa shape index (κ2) is 7.59. The summed E-state index contributed by atoms with van der Waals surface area (Å²) in [6.45, 7) is 3.31. The molecule has 1 aliphatic rings. The third-order valence-corrected chi connectivity index (χ3v) is 7.10. The number of Topliss-reactive ketones (excluding diaryl/α,β-unsaturated/α-hetero) is 1. The Labute approximate surface area is 148 Å². The number of carbonyl (C=O) groups is 2. The summed E-state index contributed by atoms with van der Waals surface area (Å²) in [4.78, 5) is 24.0. The Morgan fingerprint density at radius 3 is 2.36 bits per heavy atom. The predicted octanol–water partition coefficient (Wildman–Crippen LogP) is 1.61. The first-order valence-corrected chi connectivity index (χ1v) is 10.6. The van der Waals surface area contributed by atoms with Crippen molar-refractivity contribution in [3.05, 3.63) is 36.4 Å². The van der Waals surface area contributed by atoms with Crippen LogP contribution in [0.4, 0.5) is 5.69 Å². The highest BCUT2D eigenvalue weighted by Gasteiger charge is 2.36. The van der Waals surface area contributed by atoms with Gasteiger partial charge in [-0.15, -0.1) is 0 Å². The normalized spacial score (nSPS) is 24.5. The van der Waals surface area contributed by atoms with Gasteiger partial charge in [-0.1, -0.05) is 19.1 Å². The largest absolute Gasteiger partial charge is 0.760 e. The summed E-state index contributed by atoms with van der Waals surface area (Å²) in [6, 6.07) is 4.83. The van der Waals surface area contributed by atoms with Gasteiger partial charge < -0.3 is 9.87 Å². The third kappa shape index (κ3) is 4.23. The van der Waals surface area contributed by atoms with Crippen LogP contribution >= 0.6 is 0 Å². The number of ketones is 1. The zero-order valence-corrected chi connectivity index (χ0v) is 15.3. The van der Waals surface area contributed by atoms with Gasteiger partial charge in [0.1, 0.15) is 5.78 Å². The maximum atomic E-state index is 12.6. The molecule has 2 rings (SSSR count). The molecule has 0 bridgehead atoms. The molecule has 1 aromatic rings. The lowest BCUT2D eigenvalue weighted by atomic mass is 9.74. The number of nitrogens with one attached hydrogen (secondary N) is 1. The molecule has 0 spiro atoms. The van der Waals surface area contributed by atoms with E-state index in [0.717, 1.165) is 12.1 Å². The minimum atomic E-state index is -4.42. The zero-order chi connectivity index (χ0) is 18.8. The Bertz CT molecular complexity index is 829. The molecule has 0 aliphatic heterocycles. The van der Waals surface area contributed by atoms with E-state index in [-0.39, 0.29) is 22.5 Å². The molecule has 25 heavy (non-hydrogen) atoms. The van der Waals surface area contributed by atoms with E-state index in [4.69, 9.17) is 0 Å². The minimum absolute atomic E-state index is 0.0595. The van der Waals surface area contributed by atoms with Crippen molar-refractivity contribution in [3.8, 4) is 0 Å². The van der Waals surface area contributed by atoms with Gasteiger partial charge in [0.2, 0.25) is 14.8 Å². The van der Waals surface area contributed by atoms with Crippen molar-refractivity contribution in [1.82, 2.24) is 0 Å². The highest BCUT2D eigenvalue weighted by atomic mass is 33.2. The SMILES string of the molecule is CC(=O)C1CC=CC(C)C1C(=O)Nc1ccc(S(=O)(=O)S(=O)[O-])cc1. The molecule has 136 valence electrons. The molecule has 1 amide bonds. The van der Waals surface area contributed by atoms with Crippen LogP contribution in [0.1, 0.15) is 20.3 Å². The van der Waals surface area contributed by atoms with Crippen LogP contribution in [0, 0.1) is 17.8 Å². The van der Waals surface area contributed by atoms with E-state index in [0.29, 0.717) is 12.1 Å². The molecule has 0 fully saturated rings. The lowest BCUT2D eigenvalue weighted by molar-refractivity contribution is -0.131. The molecule has 4 atom stereocenters. The third-order valence-electron chi connectivity index (χ3n) is 4.24. The average molecular weight is 384 g/mol. The number of amides is 1. The van der Waals surface area contributed by atoms with Crippen molar-refractivity contribution in [2.24, 2.45) is 17.8 Å². The fourth-order valence-corrected chi connectivity index (χ4v) is 4.35. The Hall–Kier alpha value is -1.84. The van der Waals surface area contributed by atoms with Gasteiger partial charge in [0.15, 0.2) is 0 Å². The lowest BCUT2D eigenvalue weighted by Gasteiger charge is -2.30. The van der Waals surface area contributed by atoms with Crippen molar-refractivity contribution in [1.29, 1.82) is 0 Å². The maximum Gasteiger partial charge on any atom is 0.245 e. The number of carbonyl (C=O) groups excluding carboxylic acids is 2. The van der Waals surface area contributed by atoms with E-state index in [9.17, 15) is 26.8 Å². The molecule has 7 nitrogen and oxygen atoms in total. The van der Waals surface area contributed by atoms with Crippen LogP contribution in [0.5, 0.6) is 0 Å². The highest BCUT2D eigenvalue weighted by Crippen LogP contribution is 2.32. The molecule has 0 saturated carbocycles. The zero-order valence-electron chi connectivity index (χ0n) is 13.7. The summed E-state index contributed by atoms with van der Waals surface area (Å²) in [5.74, 6) is -1.41. The Balaban J connectivity index is 2.19. The predicted molar refractivity (Wildman–Crippen MR) is 91.8 cm³/mol. The van der Waals surface area contributed by atoms with E-state index in [2.05, 4.69) is 5.32 Å². The number of hydrogen-bond acceptors (Lipinski definition) is 6. The molecule has 1 aromatic carbocycles. The molecule has 1 N–H and O–H groups in total. The first-order chi connectivity index (χ1) is 11.6. The Morgan fingerprint density at radius 2 is 1.84 bits per heavy atom. The number of rotatable bonds is 5. The number of hydrogen-bond donors (Lipinski definition) is 1. The highest BCUT2D eigenvalue weighted by molar-refractivity contribution is 8.61. The first kappa shape index (κ1) is 19.5. The molecule has 1 aliphatic carbocycles. The fourth-order valence-electron chi connectivity index (χ4n) is 2.92. The van der Waals surface area contributed by atoms with E-state index < -0.39 is 30.8 Å². The van der Waals surface area contributed by atoms with Crippen molar-refractivity contribution in [2.45, 2.75) is 25.2 Å². The van der Waals surface area contributed by atoms with Gasteiger partial charge in [0.25, 0.3) is 0 Å². The molecule has 0 radical (unpaired) electrons. The smallest absolute Gasteiger partial charge is 0.245 e. The number of benzene rings is 1. The topological polar surface area (TPSA) is 120 Å². The molecule has 9 heteroatoms. The molecule has 0 heterocycles.